The lowest BCUT2D eigenvalue weighted by Crippen LogP contribution is -2.24. The van der Waals surface area contributed by atoms with Gasteiger partial charge in [-0.3, -0.25) is 0 Å². The summed E-state index contributed by atoms with van der Waals surface area (Å²) in [7, 11) is 1.72. The molecular formula is C17H19BrINO. The number of halogens is 2. The van der Waals surface area contributed by atoms with Crippen molar-refractivity contribution in [2.24, 2.45) is 0 Å². The van der Waals surface area contributed by atoms with Gasteiger partial charge in [-0.15, -0.1) is 0 Å². The van der Waals surface area contributed by atoms with Crippen LogP contribution < -0.4 is 10.1 Å². The van der Waals surface area contributed by atoms with Crippen molar-refractivity contribution in [3.63, 3.8) is 0 Å². The second-order valence-corrected chi connectivity index (χ2v) is 6.87. The largest absolute Gasteiger partial charge is 0.496 e. The van der Waals surface area contributed by atoms with E-state index in [1.54, 1.807) is 7.11 Å². The second-order valence-electron chi connectivity index (χ2n) is 4.79. The molecule has 0 aliphatic rings. The Morgan fingerprint density at radius 2 is 2.00 bits per heavy atom. The summed E-state index contributed by atoms with van der Waals surface area (Å²) in [5.74, 6) is 0.937. The van der Waals surface area contributed by atoms with Gasteiger partial charge >= 0.3 is 0 Å². The summed E-state index contributed by atoms with van der Waals surface area (Å²) in [5.41, 5.74) is 2.54. The molecule has 0 aliphatic carbocycles. The van der Waals surface area contributed by atoms with Gasteiger partial charge in [-0.25, -0.2) is 0 Å². The van der Waals surface area contributed by atoms with Gasteiger partial charge in [0.1, 0.15) is 5.75 Å². The van der Waals surface area contributed by atoms with Gasteiger partial charge in [-0.2, -0.15) is 0 Å². The first kappa shape index (κ1) is 16.8. The zero-order valence-electron chi connectivity index (χ0n) is 12.2. The van der Waals surface area contributed by atoms with E-state index in [0.717, 1.165) is 23.2 Å². The molecule has 112 valence electrons. The minimum atomic E-state index is 0.284. The summed E-state index contributed by atoms with van der Waals surface area (Å²) in [6.45, 7) is 3.08. The van der Waals surface area contributed by atoms with Crippen LogP contribution in [0.2, 0.25) is 0 Å². The Kier molecular flexibility index (Phi) is 6.51. The lowest BCUT2D eigenvalue weighted by atomic mass is 9.98. The van der Waals surface area contributed by atoms with Crippen molar-refractivity contribution < 1.29 is 4.74 Å². The van der Waals surface area contributed by atoms with Crippen molar-refractivity contribution in [1.82, 2.24) is 5.32 Å². The molecular weight excluding hydrogens is 441 g/mol. The average molecular weight is 460 g/mol. The van der Waals surface area contributed by atoms with Crippen molar-refractivity contribution in [3.8, 4) is 5.75 Å². The number of hydrogen-bond donors (Lipinski definition) is 1. The number of nitrogens with one attached hydrogen (secondary N) is 1. The summed E-state index contributed by atoms with van der Waals surface area (Å²) in [6.07, 6.45) is 0.899. The van der Waals surface area contributed by atoms with E-state index in [1.165, 1.54) is 14.7 Å². The topological polar surface area (TPSA) is 21.3 Å². The Balaban J connectivity index is 2.33. The third-order valence-corrected chi connectivity index (χ3v) is 4.87. The van der Waals surface area contributed by atoms with E-state index < -0.39 is 0 Å². The molecule has 0 heterocycles. The van der Waals surface area contributed by atoms with Crippen molar-refractivity contribution in [3.05, 3.63) is 61.6 Å². The zero-order valence-corrected chi connectivity index (χ0v) is 15.9. The first-order chi connectivity index (χ1) is 10.2. The number of methoxy groups -OCH3 is 1. The molecule has 0 spiro atoms. The molecule has 2 aromatic rings. The van der Waals surface area contributed by atoms with E-state index in [1.807, 2.05) is 12.1 Å². The van der Waals surface area contributed by atoms with Crippen LogP contribution in [0.15, 0.2) is 46.9 Å². The van der Waals surface area contributed by atoms with Crippen LogP contribution >= 0.6 is 38.5 Å². The van der Waals surface area contributed by atoms with Crippen LogP contribution in [0.3, 0.4) is 0 Å². The van der Waals surface area contributed by atoms with Gasteiger partial charge in [-0.05, 0) is 70.9 Å². The van der Waals surface area contributed by atoms with E-state index >= 15 is 0 Å². The van der Waals surface area contributed by atoms with Crippen LogP contribution in [0.1, 0.15) is 24.1 Å². The maximum absolute atomic E-state index is 5.49. The summed E-state index contributed by atoms with van der Waals surface area (Å²) in [5, 5.41) is 3.58. The Morgan fingerprint density at radius 3 is 2.67 bits per heavy atom. The van der Waals surface area contributed by atoms with Gasteiger partial charge in [0.2, 0.25) is 0 Å². The van der Waals surface area contributed by atoms with Crippen molar-refractivity contribution in [2.45, 2.75) is 19.4 Å². The molecule has 0 saturated carbocycles. The second kappa shape index (κ2) is 8.15. The number of likely N-dealkylation sites (N-methyl/N-ethyl adjacent to an activating group) is 1. The van der Waals surface area contributed by atoms with E-state index in [2.05, 4.69) is 81.1 Å². The highest BCUT2D eigenvalue weighted by Crippen LogP contribution is 2.29. The van der Waals surface area contributed by atoms with Crippen molar-refractivity contribution in [2.75, 3.05) is 13.7 Å². The Hall–Kier alpha value is -0.590. The fraction of sp³-hybridized carbons (Fsp3) is 0.294. The first-order valence-corrected chi connectivity index (χ1v) is 8.83. The highest BCUT2D eigenvalue weighted by atomic mass is 127. The highest BCUT2D eigenvalue weighted by molar-refractivity contribution is 14.1. The Morgan fingerprint density at radius 1 is 1.24 bits per heavy atom. The van der Waals surface area contributed by atoms with E-state index in [4.69, 9.17) is 4.74 Å². The fourth-order valence-corrected chi connectivity index (χ4v) is 3.59. The van der Waals surface area contributed by atoms with Gasteiger partial charge in [0.05, 0.1) is 7.11 Å². The zero-order chi connectivity index (χ0) is 15.2. The lowest BCUT2D eigenvalue weighted by Gasteiger charge is -2.21. The summed E-state index contributed by atoms with van der Waals surface area (Å²) in [4.78, 5) is 0. The van der Waals surface area contributed by atoms with Crippen LogP contribution in [0.25, 0.3) is 0 Å². The molecule has 0 aromatic heterocycles. The minimum absolute atomic E-state index is 0.284. The fourth-order valence-electron chi connectivity index (χ4n) is 2.42. The smallest absolute Gasteiger partial charge is 0.122 e. The molecule has 0 saturated heterocycles. The Bertz CT molecular complexity index is 603. The Labute approximate surface area is 148 Å². The van der Waals surface area contributed by atoms with Crippen molar-refractivity contribution >= 4 is 38.5 Å². The monoisotopic (exact) mass is 459 g/mol. The van der Waals surface area contributed by atoms with Gasteiger partial charge in [-0.1, -0.05) is 41.1 Å². The molecule has 0 fully saturated rings. The molecule has 0 radical (unpaired) electrons. The standard InChI is InChI=1S/C17H19BrINO/c1-3-20-16(14-6-4-5-7-15(14)19)11-12-10-13(18)8-9-17(12)21-2/h4-10,16,20H,3,11H2,1-2H3. The molecule has 0 bridgehead atoms. The molecule has 2 rings (SSSR count). The van der Waals surface area contributed by atoms with Crippen LogP contribution in [-0.4, -0.2) is 13.7 Å². The van der Waals surface area contributed by atoms with E-state index in [-0.39, 0.29) is 6.04 Å². The van der Waals surface area contributed by atoms with Gasteiger partial charge in [0, 0.05) is 14.1 Å². The molecule has 0 aliphatic heterocycles. The van der Waals surface area contributed by atoms with Crippen LogP contribution in [0.5, 0.6) is 5.75 Å². The SMILES string of the molecule is CCNC(Cc1cc(Br)ccc1OC)c1ccccc1I. The van der Waals surface area contributed by atoms with Gasteiger partial charge < -0.3 is 10.1 Å². The lowest BCUT2D eigenvalue weighted by molar-refractivity contribution is 0.405. The van der Waals surface area contributed by atoms with E-state index in [9.17, 15) is 0 Å². The molecule has 2 aromatic carbocycles. The maximum atomic E-state index is 5.49. The van der Waals surface area contributed by atoms with Gasteiger partial charge in [0.25, 0.3) is 0 Å². The number of hydrogen-bond acceptors (Lipinski definition) is 2. The molecule has 1 atom stereocenters. The van der Waals surface area contributed by atoms with Crippen LogP contribution in [-0.2, 0) is 6.42 Å². The van der Waals surface area contributed by atoms with Crippen LogP contribution in [0.4, 0.5) is 0 Å². The van der Waals surface area contributed by atoms with E-state index in [0.29, 0.717) is 0 Å². The summed E-state index contributed by atoms with van der Waals surface area (Å²) >= 11 is 5.95. The first-order valence-electron chi connectivity index (χ1n) is 6.96. The third kappa shape index (κ3) is 4.44. The highest BCUT2D eigenvalue weighted by Gasteiger charge is 2.16. The molecule has 1 unspecified atom stereocenters. The third-order valence-electron chi connectivity index (χ3n) is 3.40. The molecule has 0 amide bonds. The minimum Gasteiger partial charge on any atom is -0.496 e. The number of ether oxygens (including phenoxy) is 1. The summed E-state index contributed by atoms with van der Waals surface area (Å²) in [6, 6.07) is 15.0. The quantitative estimate of drug-likeness (QED) is 0.616. The van der Waals surface area contributed by atoms with Crippen molar-refractivity contribution in [1.29, 1.82) is 0 Å². The predicted octanol–water partition coefficient (Wildman–Crippen LogP) is 4.96. The molecule has 4 heteroatoms. The average Bonchev–Trinajstić information content (AvgIpc) is 2.48. The molecule has 21 heavy (non-hydrogen) atoms. The number of benzene rings is 2. The van der Waals surface area contributed by atoms with Crippen LogP contribution in [0, 0.1) is 3.57 Å². The maximum Gasteiger partial charge on any atom is 0.122 e. The summed E-state index contributed by atoms with van der Waals surface area (Å²) < 4.78 is 7.86. The molecule has 1 N–H and O–H groups in total. The van der Waals surface area contributed by atoms with Gasteiger partial charge in [0.15, 0.2) is 0 Å². The number of rotatable bonds is 6. The normalized spacial score (nSPS) is 12.2. The molecule has 2 nitrogen and oxygen atoms in total. The predicted molar refractivity (Wildman–Crippen MR) is 100.0 cm³/mol.